The van der Waals surface area contributed by atoms with Crippen molar-refractivity contribution in [1.82, 2.24) is 0 Å². The molecule has 1 unspecified atom stereocenters. The molecule has 0 aliphatic carbocycles. The van der Waals surface area contributed by atoms with Crippen molar-refractivity contribution in [2.24, 2.45) is 0 Å². The third-order valence-electron chi connectivity index (χ3n) is 4.21. The Balaban J connectivity index is 3.75. The monoisotopic (exact) mass is 358 g/mol. The molecule has 0 aromatic heterocycles. The minimum atomic E-state index is -2.08. The molecule has 0 saturated heterocycles. The number of rotatable bonds is 17. The third kappa shape index (κ3) is 16.3. The van der Waals surface area contributed by atoms with Gasteiger partial charge in [0.05, 0.1) is 12.5 Å². The predicted molar refractivity (Wildman–Crippen MR) is 100 cm³/mol. The summed E-state index contributed by atoms with van der Waals surface area (Å²) in [5, 5.41) is 27.6. The SMILES string of the molecule is CCCCCCC(C=CCCCCCCC(O)(O)CC(=O)O)OCC. The molecular formula is C20H38O5. The molecule has 25 heavy (non-hydrogen) atoms. The number of allylic oxidation sites excluding steroid dienone is 1. The van der Waals surface area contributed by atoms with Crippen molar-refractivity contribution in [2.45, 2.75) is 103 Å². The van der Waals surface area contributed by atoms with Crippen LogP contribution in [0.15, 0.2) is 12.2 Å². The van der Waals surface area contributed by atoms with Crippen molar-refractivity contribution in [1.29, 1.82) is 0 Å². The molecule has 0 aliphatic rings. The Kier molecular flexibility index (Phi) is 14.8. The Morgan fingerprint density at radius 1 is 1.04 bits per heavy atom. The van der Waals surface area contributed by atoms with Gasteiger partial charge in [-0.05, 0) is 32.6 Å². The van der Waals surface area contributed by atoms with Crippen molar-refractivity contribution in [2.75, 3.05) is 6.61 Å². The standard InChI is InChI=1S/C20H38O5/c1-3-5-6-11-14-18(25-4-2)15-12-9-7-8-10-13-16-20(23,24)17-19(21)22/h12,15,18,23-24H,3-11,13-14,16-17H2,1-2H3,(H,21,22). The highest BCUT2D eigenvalue weighted by Crippen LogP contribution is 2.17. The van der Waals surface area contributed by atoms with Crippen LogP contribution in [0.3, 0.4) is 0 Å². The van der Waals surface area contributed by atoms with Crippen LogP contribution in [0.1, 0.15) is 90.9 Å². The Morgan fingerprint density at radius 3 is 2.36 bits per heavy atom. The lowest BCUT2D eigenvalue weighted by molar-refractivity contribution is -0.184. The summed E-state index contributed by atoms with van der Waals surface area (Å²) in [5.41, 5.74) is 0. The number of aliphatic hydroxyl groups is 2. The van der Waals surface area contributed by atoms with Gasteiger partial charge in [0.1, 0.15) is 0 Å². The first-order chi connectivity index (χ1) is 11.9. The van der Waals surface area contributed by atoms with E-state index < -0.39 is 18.2 Å². The minimum Gasteiger partial charge on any atom is -0.481 e. The smallest absolute Gasteiger partial charge is 0.308 e. The molecule has 1 atom stereocenters. The molecule has 148 valence electrons. The average molecular weight is 359 g/mol. The maximum absolute atomic E-state index is 10.5. The summed E-state index contributed by atoms with van der Waals surface area (Å²) >= 11 is 0. The van der Waals surface area contributed by atoms with E-state index in [1.807, 2.05) is 6.92 Å². The highest BCUT2D eigenvalue weighted by molar-refractivity contribution is 5.67. The summed E-state index contributed by atoms with van der Waals surface area (Å²) in [4.78, 5) is 10.5. The lowest BCUT2D eigenvalue weighted by Gasteiger charge is -2.19. The van der Waals surface area contributed by atoms with Crippen LogP contribution in [0.2, 0.25) is 0 Å². The van der Waals surface area contributed by atoms with Crippen LogP contribution in [0.4, 0.5) is 0 Å². The molecule has 0 fully saturated rings. The van der Waals surface area contributed by atoms with Crippen LogP contribution >= 0.6 is 0 Å². The van der Waals surface area contributed by atoms with E-state index in [2.05, 4.69) is 19.1 Å². The molecule has 0 amide bonds. The molecule has 0 spiro atoms. The average Bonchev–Trinajstić information content (AvgIpc) is 2.52. The zero-order valence-corrected chi connectivity index (χ0v) is 16.1. The van der Waals surface area contributed by atoms with E-state index in [1.165, 1.54) is 25.7 Å². The Morgan fingerprint density at radius 2 is 1.72 bits per heavy atom. The number of carboxylic acid groups (broad SMARTS) is 1. The van der Waals surface area contributed by atoms with Crippen LogP contribution in [0.5, 0.6) is 0 Å². The summed E-state index contributed by atoms with van der Waals surface area (Å²) in [7, 11) is 0. The van der Waals surface area contributed by atoms with Gasteiger partial charge in [-0.1, -0.05) is 57.6 Å². The molecular weight excluding hydrogens is 320 g/mol. The number of carbonyl (C=O) groups is 1. The van der Waals surface area contributed by atoms with Crippen molar-refractivity contribution >= 4 is 5.97 Å². The zero-order valence-electron chi connectivity index (χ0n) is 16.1. The molecule has 5 nitrogen and oxygen atoms in total. The second kappa shape index (κ2) is 15.4. The first-order valence-corrected chi connectivity index (χ1v) is 9.86. The molecule has 0 saturated carbocycles. The maximum atomic E-state index is 10.5. The first-order valence-electron chi connectivity index (χ1n) is 9.86. The van der Waals surface area contributed by atoms with Gasteiger partial charge in [0, 0.05) is 13.0 Å². The quantitative estimate of drug-likeness (QED) is 0.204. The predicted octanol–water partition coefficient (Wildman–Crippen LogP) is 4.41. The Hall–Kier alpha value is -0.910. The zero-order chi connectivity index (χ0) is 19.0. The van der Waals surface area contributed by atoms with E-state index in [0.717, 1.165) is 38.7 Å². The van der Waals surface area contributed by atoms with E-state index in [-0.39, 0.29) is 12.5 Å². The Labute approximate surface area is 153 Å². The number of hydrogen-bond donors (Lipinski definition) is 3. The first kappa shape index (κ1) is 24.1. The van der Waals surface area contributed by atoms with Crippen LogP contribution in [-0.2, 0) is 9.53 Å². The van der Waals surface area contributed by atoms with Crippen molar-refractivity contribution in [3.8, 4) is 0 Å². The number of aliphatic carboxylic acids is 1. The number of carboxylic acids is 1. The lowest BCUT2D eigenvalue weighted by atomic mass is 10.0. The molecule has 0 bridgehead atoms. The van der Waals surface area contributed by atoms with E-state index in [1.54, 1.807) is 0 Å². The largest absolute Gasteiger partial charge is 0.481 e. The summed E-state index contributed by atoms with van der Waals surface area (Å²) < 4.78 is 5.75. The topological polar surface area (TPSA) is 87.0 Å². The second-order valence-corrected chi connectivity index (χ2v) is 6.78. The van der Waals surface area contributed by atoms with E-state index in [0.29, 0.717) is 6.42 Å². The van der Waals surface area contributed by atoms with E-state index >= 15 is 0 Å². The minimum absolute atomic E-state index is 0.110. The fourth-order valence-corrected chi connectivity index (χ4v) is 2.82. The van der Waals surface area contributed by atoms with Gasteiger partial charge in [-0.2, -0.15) is 0 Å². The van der Waals surface area contributed by atoms with E-state index in [4.69, 9.17) is 9.84 Å². The van der Waals surface area contributed by atoms with Crippen molar-refractivity contribution in [3.63, 3.8) is 0 Å². The number of unbranched alkanes of at least 4 members (excludes halogenated alkanes) is 7. The molecule has 5 heteroatoms. The normalized spacial score (nSPS) is 13.4. The van der Waals surface area contributed by atoms with Gasteiger partial charge in [-0.15, -0.1) is 0 Å². The highest BCUT2D eigenvalue weighted by Gasteiger charge is 2.25. The molecule has 0 heterocycles. The molecule has 0 radical (unpaired) electrons. The fourth-order valence-electron chi connectivity index (χ4n) is 2.82. The van der Waals surface area contributed by atoms with Gasteiger partial charge in [0.2, 0.25) is 0 Å². The van der Waals surface area contributed by atoms with Gasteiger partial charge >= 0.3 is 5.97 Å². The summed E-state index contributed by atoms with van der Waals surface area (Å²) in [6.07, 6.45) is 14.7. The van der Waals surface area contributed by atoms with Crippen molar-refractivity contribution in [3.05, 3.63) is 12.2 Å². The summed E-state index contributed by atoms with van der Waals surface area (Å²) in [5.74, 6) is -3.26. The van der Waals surface area contributed by atoms with Crippen LogP contribution in [0.25, 0.3) is 0 Å². The molecule has 0 rings (SSSR count). The van der Waals surface area contributed by atoms with Crippen molar-refractivity contribution < 1.29 is 24.9 Å². The number of ether oxygens (including phenoxy) is 1. The lowest BCUT2D eigenvalue weighted by Crippen LogP contribution is -2.31. The van der Waals surface area contributed by atoms with E-state index in [9.17, 15) is 15.0 Å². The third-order valence-corrected chi connectivity index (χ3v) is 4.21. The van der Waals surface area contributed by atoms with Crippen LogP contribution in [-0.4, -0.2) is 39.8 Å². The summed E-state index contributed by atoms with van der Waals surface area (Å²) in [6.45, 7) is 4.98. The van der Waals surface area contributed by atoms with Gasteiger partial charge < -0.3 is 20.1 Å². The van der Waals surface area contributed by atoms with Gasteiger partial charge in [-0.25, -0.2) is 0 Å². The molecule has 3 N–H and O–H groups in total. The Bertz CT molecular complexity index is 352. The summed E-state index contributed by atoms with van der Waals surface area (Å²) in [6, 6.07) is 0. The number of hydrogen-bond acceptors (Lipinski definition) is 4. The van der Waals surface area contributed by atoms with Gasteiger partial charge in [-0.3, -0.25) is 4.79 Å². The molecule has 0 aromatic rings. The molecule has 0 aromatic carbocycles. The second-order valence-electron chi connectivity index (χ2n) is 6.78. The van der Waals surface area contributed by atoms with Gasteiger partial charge in [0.25, 0.3) is 0 Å². The molecule has 0 aliphatic heterocycles. The van der Waals surface area contributed by atoms with Crippen LogP contribution < -0.4 is 0 Å². The highest BCUT2D eigenvalue weighted by atomic mass is 16.5. The fraction of sp³-hybridized carbons (Fsp3) is 0.850. The maximum Gasteiger partial charge on any atom is 0.308 e. The van der Waals surface area contributed by atoms with Gasteiger partial charge in [0.15, 0.2) is 5.79 Å². The van der Waals surface area contributed by atoms with Crippen LogP contribution in [0, 0.1) is 0 Å².